The average Bonchev–Trinajstić information content (AvgIpc) is 2.59. The minimum atomic E-state index is -0.690. The molecule has 0 aliphatic heterocycles. The molecule has 1 atom stereocenters. The molecule has 0 radical (unpaired) electrons. The SMILES string of the molecule is C[C@@H](C(=O)Nc1ccccc1)N(Cc1ccccc1)C(=O)OC(C)(C)C. The standard InChI is InChI=1S/C21H26N2O3/c1-16(19(24)22-18-13-9-6-10-14-18)23(20(25)26-21(2,3)4)15-17-11-7-5-8-12-17/h5-14,16H,15H2,1-4H3,(H,22,24)/t16-/m0/s1. The third-order valence-electron chi connectivity index (χ3n) is 3.71. The molecule has 0 saturated carbocycles. The summed E-state index contributed by atoms with van der Waals surface area (Å²) < 4.78 is 5.50. The Hall–Kier alpha value is -2.82. The highest BCUT2D eigenvalue weighted by Gasteiger charge is 2.30. The zero-order chi connectivity index (χ0) is 19.2. The van der Waals surface area contributed by atoms with E-state index in [1.165, 1.54) is 4.90 Å². The molecule has 2 rings (SSSR count). The van der Waals surface area contributed by atoms with Crippen LogP contribution >= 0.6 is 0 Å². The summed E-state index contributed by atoms with van der Waals surface area (Å²) in [6.45, 7) is 7.41. The van der Waals surface area contributed by atoms with Crippen LogP contribution in [0.1, 0.15) is 33.3 Å². The molecular formula is C21H26N2O3. The Morgan fingerprint density at radius 1 is 1.00 bits per heavy atom. The molecule has 0 spiro atoms. The summed E-state index contributed by atoms with van der Waals surface area (Å²) in [6.07, 6.45) is -0.517. The molecule has 1 N–H and O–H groups in total. The highest BCUT2D eigenvalue weighted by Crippen LogP contribution is 2.16. The second kappa shape index (κ2) is 8.52. The maximum Gasteiger partial charge on any atom is 0.411 e. The fourth-order valence-electron chi connectivity index (χ4n) is 2.37. The van der Waals surface area contributed by atoms with Crippen LogP contribution in [0, 0.1) is 0 Å². The molecule has 2 amide bonds. The van der Waals surface area contributed by atoms with Gasteiger partial charge in [-0.1, -0.05) is 48.5 Å². The highest BCUT2D eigenvalue weighted by atomic mass is 16.6. The third kappa shape index (κ3) is 5.92. The highest BCUT2D eigenvalue weighted by molar-refractivity contribution is 5.96. The first kappa shape index (κ1) is 19.5. The van der Waals surface area contributed by atoms with Gasteiger partial charge in [0.25, 0.3) is 0 Å². The van der Waals surface area contributed by atoms with E-state index in [0.717, 1.165) is 5.56 Å². The lowest BCUT2D eigenvalue weighted by Gasteiger charge is -2.31. The Kier molecular flexibility index (Phi) is 6.39. The van der Waals surface area contributed by atoms with Crippen molar-refractivity contribution in [3.63, 3.8) is 0 Å². The summed E-state index contributed by atoms with van der Waals surface area (Å²) in [7, 11) is 0. The molecule has 2 aromatic rings. The lowest BCUT2D eigenvalue weighted by atomic mass is 10.1. The number of hydrogen-bond acceptors (Lipinski definition) is 3. The number of para-hydroxylation sites is 1. The smallest absolute Gasteiger partial charge is 0.411 e. The molecule has 26 heavy (non-hydrogen) atoms. The van der Waals surface area contributed by atoms with E-state index < -0.39 is 17.7 Å². The van der Waals surface area contributed by atoms with Gasteiger partial charge in [-0.2, -0.15) is 0 Å². The second-order valence-corrected chi connectivity index (χ2v) is 7.13. The van der Waals surface area contributed by atoms with Gasteiger partial charge in [0.05, 0.1) is 0 Å². The number of carbonyl (C=O) groups is 2. The van der Waals surface area contributed by atoms with Crippen LogP contribution in [0.2, 0.25) is 0 Å². The first-order valence-electron chi connectivity index (χ1n) is 8.66. The summed E-state index contributed by atoms with van der Waals surface area (Å²) in [5.41, 5.74) is 0.979. The molecule has 2 aromatic carbocycles. The van der Waals surface area contributed by atoms with Crippen molar-refractivity contribution in [3.8, 4) is 0 Å². The maximum atomic E-state index is 12.7. The van der Waals surface area contributed by atoms with Gasteiger partial charge in [0.2, 0.25) is 5.91 Å². The third-order valence-corrected chi connectivity index (χ3v) is 3.71. The molecule has 0 unspecified atom stereocenters. The minimum absolute atomic E-state index is 0.266. The molecule has 0 aliphatic carbocycles. The van der Waals surface area contributed by atoms with Gasteiger partial charge in [-0.15, -0.1) is 0 Å². The number of nitrogens with one attached hydrogen (secondary N) is 1. The Bertz CT molecular complexity index is 724. The first-order valence-corrected chi connectivity index (χ1v) is 8.66. The normalized spacial score (nSPS) is 12.2. The van der Waals surface area contributed by atoms with Crippen molar-refractivity contribution in [1.29, 1.82) is 0 Å². The van der Waals surface area contributed by atoms with Gasteiger partial charge in [-0.05, 0) is 45.4 Å². The number of ether oxygens (including phenoxy) is 1. The zero-order valence-corrected chi connectivity index (χ0v) is 15.7. The van der Waals surface area contributed by atoms with Crippen molar-refractivity contribution in [2.45, 2.75) is 45.9 Å². The van der Waals surface area contributed by atoms with E-state index in [2.05, 4.69) is 5.32 Å². The van der Waals surface area contributed by atoms with Crippen LogP contribution in [-0.2, 0) is 16.1 Å². The van der Waals surface area contributed by atoms with Gasteiger partial charge in [0.1, 0.15) is 11.6 Å². The van der Waals surface area contributed by atoms with Gasteiger partial charge < -0.3 is 10.1 Å². The first-order chi connectivity index (χ1) is 12.3. The molecular weight excluding hydrogens is 328 g/mol. The van der Waals surface area contributed by atoms with Gasteiger partial charge >= 0.3 is 6.09 Å². The Morgan fingerprint density at radius 2 is 1.54 bits per heavy atom. The molecule has 138 valence electrons. The quantitative estimate of drug-likeness (QED) is 0.863. The fourth-order valence-corrected chi connectivity index (χ4v) is 2.37. The van der Waals surface area contributed by atoms with E-state index in [-0.39, 0.29) is 5.91 Å². The van der Waals surface area contributed by atoms with Crippen LogP contribution < -0.4 is 5.32 Å². The predicted molar refractivity (Wildman–Crippen MR) is 103 cm³/mol. The molecule has 0 bridgehead atoms. The monoisotopic (exact) mass is 354 g/mol. The van der Waals surface area contributed by atoms with Crippen LogP contribution in [0.15, 0.2) is 60.7 Å². The molecule has 5 heteroatoms. The lowest BCUT2D eigenvalue weighted by Crippen LogP contribution is -2.47. The van der Waals surface area contributed by atoms with E-state index in [1.807, 2.05) is 48.5 Å². The summed E-state index contributed by atoms with van der Waals surface area (Å²) in [4.78, 5) is 26.8. The summed E-state index contributed by atoms with van der Waals surface area (Å²) >= 11 is 0. The Morgan fingerprint density at radius 3 is 2.08 bits per heavy atom. The van der Waals surface area contributed by atoms with E-state index in [1.54, 1.807) is 39.8 Å². The van der Waals surface area contributed by atoms with Gasteiger partial charge in [-0.3, -0.25) is 9.69 Å². The zero-order valence-electron chi connectivity index (χ0n) is 15.7. The summed E-state index contributed by atoms with van der Waals surface area (Å²) in [5, 5.41) is 2.84. The van der Waals surface area contributed by atoms with E-state index in [4.69, 9.17) is 4.74 Å². The Balaban J connectivity index is 2.18. The molecule has 5 nitrogen and oxygen atoms in total. The topological polar surface area (TPSA) is 58.6 Å². The van der Waals surface area contributed by atoms with Gasteiger partial charge in [0.15, 0.2) is 0 Å². The molecule has 0 saturated heterocycles. The molecule has 0 fully saturated rings. The van der Waals surface area contributed by atoms with Gasteiger partial charge in [0, 0.05) is 12.2 Å². The lowest BCUT2D eigenvalue weighted by molar-refractivity contribution is -0.121. The number of carbonyl (C=O) groups excluding carboxylic acids is 2. The summed E-state index contributed by atoms with van der Waals surface area (Å²) in [5.74, 6) is -0.266. The van der Waals surface area contributed by atoms with Crippen LogP contribution in [0.5, 0.6) is 0 Å². The van der Waals surface area contributed by atoms with Crippen molar-refractivity contribution in [2.75, 3.05) is 5.32 Å². The maximum absolute atomic E-state index is 12.7. The van der Waals surface area contributed by atoms with E-state index in [0.29, 0.717) is 12.2 Å². The van der Waals surface area contributed by atoms with E-state index in [9.17, 15) is 9.59 Å². The van der Waals surface area contributed by atoms with Crippen molar-refractivity contribution < 1.29 is 14.3 Å². The number of rotatable bonds is 5. The number of anilines is 1. The average molecular weight is 354 g/mol. The molecule has 0 aliphatic rings. The number of nitrogens with zero attached hydrogens (tertiary/aromatic N) is 1. The Labute approximate surface area is 155 Å². The van der Waals surface area contributed by atoms with Crippen molar-refractivity contribution in [1.82, 2.24) is 4.90 Å². The van der Waals surface area contributed by atoms with Crippen LogP contribution in [-0.4, -0.2) is 28.5 Å². The minimum Gasteiger partial charge on any atom is -0.444 e. The van der Waals surface area contributed by atoms with Crippen LogP contribution in [0.4, 0.5) is 10.5 Å². The second-order valence-electron chi connectivity index (χ2n) is 7.13. The fraction of sp³-hybridized carbons (Fsp3) is 0.333. The van der Waals surface area contributed by atoms with Crippen molar-refractivity contribution in [3.05, 3.63) is 66.2 Å². The van der Waals surface area contributed by atoms with E-state index >= 15 is 0 Å². The molecule has 0 heterocycles. The number of hydrogen-bond donors (Lipinski definition) is 1. The predicted octanol–water partition coefficient (Wildman–Crippen LogP) is 4.45. The van der Waals surface area contributed by atoms with Crippen molar-refractivity contribution in [2.24, 2.45) is 0 Å². The van der Waals surface area contributed by atoms with Crippen LogP contribution in [0.3, 0.4) is 0 Å². The summed E-state index contributed by atoms with van der Waals surface area (Å²) in [6, 6.07) is 18.0. The molecule has 0 aromatic heterocycles. The van der Waals surface area contributed by atoms with Gasteiger partial charge in [-0.25, -0.2) is 4.79 Å². The number of benzene rings is 2. The number of amides is 2. The largest absolute Gasteiger partial charge is 0.444 e. The van der Waals surface area contributed by atoms with Crippen molar-refractivity contribution >= 4 is 17.7 Å². The van der Waals surface area contributed by atoms with Crippen LogP contribution in [0.25, 0.3) is 0 Å².